The number of hydrazine groups is 1. The van der Waals surface area contributed by atoms with E-state index in [2.05, 4.69) is 26.0 Å². The minimum atomic E-state index is -0.609. The van der Waals surface area contributed by atoms with Crippen molar-refractivity contribution in [3.05, 3.63) is 89.2 Å². The number of aryl methyl sites for hydroxylation is 2. The predicted molar refractivity (Wildman–Crippen MR) is 168 cm³/mol. The van der Waals surface area contributed by atoms with E-state index in [1.165, 1.54) is 6.92 Å². The number of carbonyl (C=O) groups excluding carboxylic acids is 3. The molecule has 0 spiro atoms. The van der Waals surface area contributed by atoms with Gasteiger partial charge in [-0.1, -0.05) is 36.4 Å². The largest absolute Gasteiger partial charge is 0.427 e. The quantitative estimate of drug-likeness (QED) is 0.0925. The van der Waals surface area contributed by atoms with Crippen molar-refractivity contribution in [1.29, 1.82) is 5.41 Å². The van der Waals surface area contributed by atoms with Gasteiger partial charge in [-0.05, 0) is 69.4 Å². The molecule has 1 aliphatic rings. The minimum Gasteiger partial charge on any atom is -0.409 e. The Hall–Kier alpha value is -5.23. The van der Waals surface area contributed by atoms with Gasteiger partial charge < -0.3 is 26.1 Å². The van der Waals surface area contributed by atoms with Crippen LogP contribution in [0.15, 0.2) is 66.7 Å². The number of nitrogens with two attached hydrogens (primary N) is 1. The van der Waals surface area contributed by atoms with Gasteiger partial charge in [-0.2, -0.15) is 0 Å². The lowest BCUT2D eigenvalue weighted by Crippen LogP contribution is -2.57. The SMILES string of the molecule is CC(=O)c1cccc(NC(=O)NC2CCN(NC(=O)Oc3ccc4[nH]c(C)nc4c3)C(CCc3ccc(C(=N)N)cc3)C2)c1. The van der Waals surface area contributed by atoms with E-state index in [1.807, 2.05) is 42.3 Å². The number of H-pyrrole nitrogens is 1. The molecular weight excluding hydrogens is 560 g/mol. The first kappa shape index (κ1) is 30.2. The molecule has 2 unspecified atom stereocenters. The number of imidazole rings is 1. The van der Waals surface area contributed by atoms with Crippen molar-refractivity contribution in [2.24, 2.45) is 5.73 Å². The van der Waals surface area contributed by atoms with Crippen molar-refractivity contribution in [2.45, 2.75) is 51.6 Å². The normalized spacial score (nSPS) is 16.7. The Bertz CT molecular complexity index is 1680. The van der Waals surface area contributed by atoms with E-state index in [1.54, 1.807) is 36.4 Å². The zero-order valence-electron chi connectivity index (χ0n) is 24.6. The van der Waals surface area contributed by atoms with Crippen molar-refractivity contribution in [2.75, 3.05) is 11.9 Å². The topological polar surface area (TPSA) is 178 Å². The van der Waals surface area contributed by atoms with Crippen LogP contribution in [-0.4, -0.2) is 57.3 Å². The number of nitrogens with one attached hydrogen (secondary N) is 5. The number of hydrogen-bond acceptors (Lipinski definition) is 7. The molecule has 4 aromatic rings. The average Bonchev–Trinajstić information content (AvgIpc) is 3.36. The number of piperidine rings is 1. The summed E-state index contributed by atoms with van der Waals surface area (Å²) in [7, 11) is 0. The van der Waals surface area contributed by atoms with Crippen LogP contribution in [0.3, 0.4) is 0 Å². The standard InChI is InChI=1S/C32H36N8O4/c1-19(41)23-4-3-5-24(16-23)37-31(42)38-25-14-15-40(26(17-25)11-8-21-6-9-22(10-7-21)30(33)34)39-32(43)44-27-12-13-28-29(18-27)36-20(2)35-28/h3-7,9-10,12-13,16,18,25-26H,8,11,14-15,17H2,1-2H3,(H3,33,34)(H,35,36)(H,39,43)(H2,37,38,42). The van der Waals surface area contributed by atoms with Crippen LogP contribution in [0.2, 0.25) is 0 Å². The Labute approximate surface area is 254 Å². The monoisotopic (exact) mass is 596 g/mol. The fraction of sp³-hybridized carbons (Fsp3) is 0.281. The molecule has 0 aliphatic carbocycles. The summed E-state index contributed by atoms with van der Waals surface area (Å²) in [5, 5.41) is 15.3. The number of anilines is 1. The lowest BCUT2D eigenvalue weighted by atomic mass is 9.93. The average molecular weight is 597 g/mol. The van der Waals surface area contributed by atoms with E-state index in [9.17, 15) is 14.4 Å². The molecule has 0 radical (unpaired) electrons. The first-order chi connectivity index (χ1) is 21.1. The predicted octanol–water partition coefficient (Wildman–Crippen LogP) is 4.65. The molecule has 12 nitrogen and oxygen atoms in total. The van der Waals surface area contributed by atoms with Gasteiger partial charge in [0.1, 0.15) is 17.4 Å². The third-order valence-electron chi connectivity index (χ3n) is 7.63. The molecule has 0 bridgehead atoms. The number of aromatic nitrogens is 2. The van der Waals surface area contributed by atoms with Gasteiger partial charge in [0.2, 0.25) is 0 Å². The number of nitrogens with zero attached hydrogens (tertiary/aromatic N) is 2. The van der Waals surface area contributed by atoms with Gasteiger partial charge in [0, 0.05) is 41.5 Å². The Morgan fingerprint density at radius 1 is 1.09 bits per heavy atom. The first-order valence-corrected chi connectivity index (χ1v) is 14.5. The third kappa shape index (κ3) is 7.78. The molecule has 228 valence electrons. The number of ether oxygens (including phenoxy) is 1. The van der Waals surface area contributed by atoms with Gasteiger partial charge in [0.05, 0.1) is 11.0 Å². The van der Waals surface area contributed by atoms with Gasteiger partial charge in [-0.3, -0.25) is 15.6 Å². The van der Waals surface area contributed by atoms with Gasteiger partial charge in [0.15, 0.2) is 5.78 Å². The highest BCUT2D eigenvalue weighted by molar-refractivity contribution is 5.97. The molecule has 1 aromatic heterocycles. The summed E-state index contributed by atoms with van der Waals surface area (Å²) < 4.78 is 5.58. The Kier molecular flexibility index (Phi) is 9.20. The Balaban J connectivity index is 1.23. The van der Waals surface area contributed by atoms with E-state index < -0.39 is 6.09 Å². The number of rotatable bonds is 9. The van der Waals surface area contributed by atoms with Crippen LogP contribution >= 0.6 is 0 Å². The molecule has 0 saturated carbocycles. The number of ketones is 1. The van der Waals surface area contributed by atoms with Crippen molar-refractivity contribution < 1.29 is 19.1 Å². The molecule has 1 fully saturated rings. The van der Waals surface area contributed by atoms with E-state index >= 15 is 0 Å². The maximum absolute atomic E-state index is 12.9. The van der Waals surface area contributed by atoms with Crippen LogP contribution in [0.5, 0.6) is 5.75 Å². The molecular formula is C32H36N8O4. The number of nitrogen functional groups attached to an aromatic ring is 1. The van der Waals surface area contributed by atoms with Crippen LogP contribution < -0.4 is 26.5 Å². The number of benzene rings is 3. The van der Waals surface area contributed by atoms with Crippen LogP contribution in [0, 0.1) is 12.3 Å². The summed E-state index contributed by atoms with van der Waals surface area (Å²) in [6.45, 7) is 3.83. The number of aromatic amines is 1. The van der Waals surface area contributed by atoms with Crippen molar-refractivity contribution in [3.63, 3.8) is 0 Å². The third-order valence-corrected chi connectivity index (χ3v) is 7.63. The van der Waals surface area contributed by atoms with Gasteiger partial charge >= 0.3 is 12.1 Å². The number of urea groups is 1. The Morgan fingerprint density at radius 2 is 1.89 bits per heavy atom. The van der Waals surface area contributed by atoms with Crippen LogP contribution in [0.1, 0.15) is 53.5 Å². The summed E-state index contributed by atoms with van der Waals surface area (Å²) in [4.78, 5) is 45.0. The van der Waals surface area contributed by atoms with Crippen LogP contribution in [0.25, 0.3) is 11.0 Å². The van der Waals surface area contributed by atoms with Gasteiger partial charge in [-0.25, -0.2) is 19.6 Å². The highest BCUT2D eigenvalue weighted by Crippen LogP contribution is 2.23. The van der Waals surface area contributed by atoms with Crippen molar-refractivity contribution >= 4 is 40.5 Å². The maximum Gasteiger partial charge on any atom is 0.427 e. The number of Topliss-reactive ketones (excluding diaryl/α,β-unsaturated/α-hetero) is 1. The number of amides is 3. The molecule has 3 aromatic carbocycles. The molecule has 44 heavy (non-hydrogen) atoms. The Morgan fingerprint density at radius 3 is 2.64 bits per heavy atom. The fourth-order valence-corrected chi connectivity index (χ4v) is 5.38. The zero-order valence-corrected chi connectivity index (χ0v) is 24.6. The molecule has 12 heteroatoms. The number of carbonyl (C=O) groups is 3. The van der Waals surface area contributed by atoms with Crippen LogP contribution in [-0.2, 0) is 6.42 Å². The maximum atomic E-state index is 12.9. The fourth-order valence-electron chi connectivity index (χ4n) is 5.38. The molecule has 2 heterocycles. The highest BCUT2D eigenvalue weighted by atomic mass is 16.6. The van der Waals surface area contributed by atoms with E-state index in [4.69, 9.17) is 15.9 Å². The zero-order chi connectivity index (χ0) is 31.2. The highest BCUT2D eigenvalue weighted by Gasteiger charge is 2.31. The second-order valence-corrected chi connectivity index (χ2v) is 11.0. The summed E-state index contributed by atoms with van der Waals surface area (Å²) in [5.74, 6) is 1.09. The lowest BCUT2D eigenvalue weighted by molar-refractivity contribution is 0.0664. The number of hydrogen-bond donors (Lipinski definition) is 6. The number of fused-ring (bicyclic) bond motifs is 1. The summed E-state index contributed by atoms with van der Waals surface area (Å²) in [5.41, 5.74) is 12.8. The van der Waals surface area contributed by atoms with Crippen molar-refractivity contribution in [1.82, 2.24) is 25.7 Å². The van der Waals surface area contributed by atoms with Gasteiger partial charge in [-0.15, -0.1) is 0 Å². The molecule has 5 rings (SSSR count). The first-order valence-electron chi connectivity index (χ1n) is 14.5. The second kappa shape index (κ2) is 13.4. The summed E-state index contributed by atoms with van der Waals surface area (Å²) >= 11 is 0. The second-order valence-electron chi connectivity index (χ2n) is 11.0. The summed E-state index contributed by atoms with van der Waals surface area (Å²) in [6, 6.07) is 18.9. The molecule has 1 saturated heterocycles. The van der Waals surface area contributed by atoms with Crippen LogP contribution in [0.4, 0.5) is 15.3 Å². The smallest absolute Gasteiger partial charge is 0.409 e. The van der Waals surface area contributed by atoms with E-state index in [0.717, 1.165) is 16.9 Å². The summed E-state index contributed by atoms with van der Waals surface area (Å²) in [6.07, 6.45) is 1.98. The molecule has 7 N–H and O–H groups in total. The van der Waals surface area contributed by atoms with E-state index in [0.29, 0.717) is 60.3 Å². The minimum absolute atomic E-state index is 0.0134. The van der Waals surface area contributed by atoms with Gasteiger partial charge in [0.25, 0.3) is 0 Å². The molecule has 3 amide bonds. The number of amidine groups is 1. The molecule has 1 aliphatic heterocycles. The van der Waals surface area contributed by atoms with Crippen molar-refractivity contribution in [3.8, 4) is 5.75 Å². The lowest BCUT2D eigenvalue weighted by Gasteiger charge is -2.39. The molecule has 2 atom stereocenters. The van der Waals surface area contributed by atoms with E-state index in [-0.39, 0.29) is 29.7 Å².